The Morgan fingerprint density at radius 2 is 2.19 bits per heavy atom. The Kier molecular flexibility index (Phi) is 2.44. The number of thioether (sulfide) groups is 1. The van der Waals surface area contributed by atoms with Crippen LogP contribution in [0.1, 0.15) is 12.8 Å². The van der Waals surface area contributed by atoms with Gasteiger partial charge in [0.25, 0.3) is 0 Å². The number of amides is 1. The number of carbonyl (C=O) groups is 1. The lowest BCUT2D eigenvalue weighted by Crippen LogP contribution is -2.47. The van der Waals surface area contributed by atoms with Crippen molar-refractivity contribution >= 4 is 17.7 Å². The molecule has 0 N–H and O–H groups in total. The molecular weight excluding hydrogens is 220 g/mol. The molecule has 1 atom stereocenters. The van der Waals surface area contributed by atoms with Gasteiger partial charge >= 0.3 is 0 Å². The van der Waals surface area contributed by atoms with Crippen LogP contribution in [0.5, 0.6) is 0 Å². The standard InChI is InChI=1S/C12H12N2OS/c15-12-6-10-5-9(7-14(10)12)8-16-11-1-3-13-4-2-11/h1-4,8,10H,5-7H2/t10-/m0/s1. The van der Waals surface area contributed by atoms with Crippen LogP contribution < -0.4 is 0 Å². The van der Waals surface area contributed by atoms with E-state index in [1.807, 2.05) is 17.0 Å². The van der Waals surface area contributed by atoms with Gasteiger partial charge in [0.05, 0.1) is 0 Å². The molecule has 1 aromatic rings. The van der Waals surface area contributed by atoms with Gasteiger partial charge in [-0.1, -0.05) is 11.8 Å². The predicted octanol–water partition coefficient (Wildman–Crippen LogP) is 2.06. The molecule has 3 nitrogen and oxygen atoms in total. The molecule has 0 saturated carbocycles. The first-order valence-electron chi connectivity index (χ1n) is 5.37. The molecule has 0 unspecified atom stereocenters. The largest absolute Gasteiger partial charge is 0.335 e. The Balaban J connectivity index is 1.65. The molecule has 0 aromatic carbocycles. The summed E-state index contributed by atoms with van der Waals surface area (Å²) in [5.41, 5.74) is 1.37. The second-order valence-electron chi connectivity index (χ2n) is 4.16. The van der Waals surface area contributed by atoms with E-state index in [0.717, 1.165) is 19.4 Å². The number of pyridine rings is 1. The maximum Gasteiger partial charge on any atom is 0.225 e. The highest BCUT2D eigenvalue weighted by atomic mass is 32.2. The fourth-order valence-electron chi connectivity index (χ4n) is 2.16. The Bertz CT molecular complexity index is 444. The lowest BCUT2D eigenvalue weighted by atomic mass is 10.0. The Hall–Kier alpha value is -1.29. The quantitative estimate of drug-likeness (QED) is 0.578. The van der Waals surface area contributed by atoms with Gasteiger partial charge in [0, 0.05) is 36.3 Å². The first-order chi connectivity index (χ1) is 7.83. The molecule has 0 radical (unpaired) electrons. The van der Waals surface area contributed by atoms with Crippen molar-refractivity contribution < 1.29 is 4.79 Å². The van der Waals surface area contributed by atoms with Gasteiger partial charge in [-0.15, -0.1) is 0 Å². The molecule has 1 amide bonds. The van der Waals surface area contributed by atoms with Crippen molar-refractivity contribution in [2.75, 3.05) is 6.54 Å². The van der Waals surface area contributed by atoms with Crippen LogP contribution in [0.15, 0.2) is 40.4 Å². The molecule has 0 spiro atoms. The normalized spacial score (nSPS) is 25.8. The predicted molar refractivity (Wildman–Crippen MR) is 62.9 cm³/mol. The van der Waals surface area contributed by atoms with Gasteiger partial charge in [0.2, 0.25) is 5.91 Å². The van der Waals surface area contributed by atoms with E-state index < -0.39 is 0 Å². The summed E-state index contributed by atoms with van der Waals surface area (Å²) in [6.45, 7) is 0.835. The van der Waals surface area contributed by atoms with Gasteiger partial charge in [-0.2, -0.15) is 0 Å². The van der Waals surface area contributed by atoms with Crippen molar-refractivity contribution in [2.24, 2.45) is 0 Å². The van der Waals surface area contributed by atoms with Gasteiger partial charge in [0.15, 0.2) is 0 Å². The van der Waals surface area contributed by atoms with Crippen molar-refractivity contribution in [3.05, 3.63) is 35.5 Å². The number of aromatic nitrogens is 1. The minimum Gasteiger partial charge on any atom is -0.335 e. The average molecular weight is 232 g/mol. The van der Waals surface area contributed by atoms with Crippen LogP contribution in [0.25, 0.3) is 0 Å². The molecule has 2 aliphatic heterocycles. The van der Waals surface area contributed by atoms with Gasteiger partial charge in [0.1, 0.15) is 0 Å². The lowest BCUT2D eigenvalue weighted by Gasteiger charge is -2.33. The number of hydrogen-bond donors (Lipinski definition) is 0. The van der Waals surface area contributed by atoms with Gasteiger partial charge in [-0.25, -0.2) is 0 Å². The molecule has 0 aliphatic carbocycles. The van der Waals surface area contributed by atoms with E-state index in [1.165, 1.54) is 10.5 Å². The minimum absolute atomic E-state index is 0.308. The number of β-lactam (4-membered cyclic amide) rings is 1. The second-order valence-corrected chi connectivity index (χ2v) is 5.10. The number of nitrogens with zero attached hydrogens (tertiary/aromatic N) is 2. The van der Waals surface area contributed by atoms with E-state index in [9.17, 15) is 4.79 Å². The van der Waals surface area contributed by atoms with Crippen molar-refractivity contribution in [1.82, 2.24) is 9.88 Å². The summed E-state index contributed by atoms with van der Waals surface area (Å²) in [5, 5.41) is 2.18. The Labute approximate surface area is 98.5 Å². The smallest absolute Gasteiger partial charge is 0.225 e. The average Bonchev–Trinajstić information content (AvgIpc) is 2.65. The zero-order valence-electron chi connectivity index (χ0n) is 8.80. The SMILES string of the molecule is O=C1C[C@@H]2CC(=CSc3ccncc3)CN12. The fourth-order valence-corrected chi connectivity index (χ4v) is 2.91. The van der Waals surface area contributed by atoms with E-state index in [4.69, 9.17) is 0 Å². The lowest BCUT2D eigenvalue weighted by molar-refractivity contribution is -0.142. The molecule has 3 rings (SSSR count). The zero-order valence-corrected chi connectivity index (χ0v) is 9.61. The third-order valence-electron chi connectivity index (χ3n) is 3.05. The first-order valence-corrected chi connectivity index (χ1v) is 6.25. The second kappa shape index (κ2) is 3.94. The molecule has 2 fully saturated rings. The summed E-state index contributed by atoms with van der Waals surface area (Å²) in [4.78, 5) is 18.4. The van der Waals surface area contributed by atoms with Crippen LogP contribution in [-0.2, 0) is 4.79 Å². The highest BCUT2D eigenvalue weighted by molar-refractivity contribution is 8.02. The third kappa shape index (κ3) is 1.73. The summed E-state index contributed by atoms with van der Waals surface area (Å²) in [7, 11) is 0. The number of rotatable bonds is 2. The van der Waals surface area contributed by atoms with Crippen molar-refractivity contribution in [3.8, 4) is 0 Å². The van der Waals surface area contributed by atoms with E-state index in [1.54, 1.807) is 24.2 Å². The molecule has 2 saturated heterocycles. The maximum atomic E-state index is 11.2. The molecule has 0 bridgehead atoms. The van der Waals surface area contributed by atoms with E-state index in [0.29, 0.717) is 11.9 Å². The highest BCUT2D eigenvalue weighted by Crippen LogP contribution is 2.35. The number of hydrogen-bond acceptors (Lipinski definition) is 3. The van der Waals surface area contributed by atoms with Crippen LogP contribution in [-0.4, -0.2) is 28.4 Å². The monoisotopic (exact) mass is 232 g/mol. The minimum atomic E-state index is 0.308. The summed E-state index contributed by atoms with van der Waals surface area (Å²) < 4.78 is 0. The molecular formula is C12H12N2OS. The molecule has 4 heteroatoms. The van der Waals surface area contributed by atoms with Crippen molar-refractivity contribution in [3.63, 3.8) is 0 Å². The van der Waals surface area contributed by atoms with Crippen molar-refractivity contribution in [2.45, 2.75) is 23.8 Å². The van der Waals surface area contributed by atoms with Crippen LogP contribution in [0.3, 0.4) is 0 Å². The summed E-state index contributed by atoms with van der Waals surface area (Å²) >= 11 is 1.71. The Morgan fingerprint density at radius 3 is 2.88 bits per heavy atom. The topological polar surface area (TPSA) is 33.2 Å². The van der Waals surface area contributed by atoms with Crippen LogP contribution in [0, 0.1) is 0 Å². The fraction of sp³-hybridized carbons (Fsp3) is 0.333. The molecule has 2 aliphatic rings. The summed E-state index contributed by atoms with van der Waals surface area (Å²) in [6, 6.07) is 4.49. The molecule has 1 aromatic heterocycles. The third-order valence-corrected chi connectivity index (χ3v) is 4.05. The molecule has 16 heavy (non-hydrogen) atoms. The van der Waals surface area contributed by atoms with Crippen LogP contribution >= 0.6 is 11.8 Å². The number of fused-ring (bicyclic) bond motifs is 1. The van der Waals surface area contributed by atoms with Gasteiger partial charge in [-0.05, 0) is 29.5 Å². The van der Waals surface area contributed by atoms with Crippen molar-refractivity contribution in [1.29, 1.82) is 0 Å². The van der Waals surface area contributed by atoms with Gasteiger partial charge in [-0.3, -0.25) is 9.78 Å². The zero-order chi connectivity index (χ0) is 11.0. The highest BCUT2D eigenvalue weighted by Gasteiger charge is 2.41. The first kappa shape index (κ1) is 9.90. The van der Waals surface area contributed by atoms with Crippen LogP contribution in [0.4, 0.5) is 0 Å². The summed E-state index contributed by atoms with van der Waals surface area (Å²) in [6.07, 6.45) is 5.40. The van der Waals surface area contributed by atoms with E-state index in [2.05, 4.69) is 10.4 Å². The molecule has 82 valence electrons. The van der Waals surface area contributed by atoms with Crippen LogP contribution in [0.2, 0.25) is 0 Å². The maximum absolute atomic E-state index is 11.2. The van der Waals surface area contributed by atoms with E-state index >= 15 is 0 Å². The van der Waals surface area contributed by atoms with E-state index in [-0.39, 0.29) is 0 Å². The summed E-state index contributed by atoms with van der Waals surface area (Å²) in [5.74, 6) is 0.308. The number of carbonyl (C=O) groups excluding carboxylic acids is 1. The molecule has 3 heterocycles. The van der Waals surface area contributed by atoms with Gasteiger partial charge < -0.3 is 4.90 Å². The Morgan fingerprint density at radius 1 is 1.38 bits per heavy atom.